The van der Waals surface area contributed by atoms with E-state index in [1.807, 2.05) is 0 Å². The number of hydrogen-bond donors (Lipinski definition) is 0. The van der Waals surface area contributed by atoms with E-state index >= 15 is 0 Å². The van der Waals surface area contributed by atoms with Gasteiger partial charge in [-0.1, -0.05) is 179 Å². The standard InChI is InChI=1S/2C23H27.C6H18BNSi2.2ClH.Zr/c2*1-5-6-10-17-11-7-8-13-20(17)21-14-9-12-18-15-19(16-22(18)21)23(2,3)4;1-9(2,3)8(7)10(4,5)6;;;/h2*7-9,11-16H,5-6,10H2,1-4H3;1-6H3;2*1H;/q2*-1;;;;+4/p-2. The molecule has 6 rings (SSSR count). The van der Waals surface area contributed by atoms with Crippen LogP contribution in [0.4, 0.5) is 0 Å². The summed E-state index contributed by atoms with van der Waals surface area (Å²) < 4.78 is 2.15. The Morgan fingerprint density at radius 1 is 0.542 bits per heavy atom. The zero-order chi connectivity index (χ0) is 44.2. The van der Waals surface area contributed by atoms with Crippen molar-refractivity contribution in [3.63, 3.8) is 0 Å². The molecule has 0 heterocycles. The minimum absolute atomic E-state index is 0.192. The molecule has 7 heteroatoms. The fourth-order valence-corrected chi connectivity index (χ4v) is 15.6. The van der Waals surface area contributed by atoms with Gasteiger partial charge in [0, 0.05) is 0 Å². The molecule has 0 N–H and O–H groups in total. The van der Waals surface area contributed by atoms with Crippen molar-refractivity contribution in [1.29, 1.82) is 0 Å². The summed E-state index contributed by atoms with van der Waals surface area (Å²) in [6.07, 6.45) is 7.31. The molecule has 6 aromatic rings. The third-order valence-electron chi connectivity index (χ3n) is 10.9. The van der Waals surface area contributed by atoms with Crippen molar-refractivity contribution in [2.75, 3.05) is 0 Å². The van der Waals surface area contributed by atoms with E-state index in [1.165, 1.54) is 91.7 Å². The monoisotopic (exact) mass is 937 g/mol. The molecule has 0 spiro atoms. The molecule has 0 saturated heterocycles. The van der Waals surface area contributed by atoms with Crippen LogP contribution in [0.5, 0.6) is 0 Å². The maximum absolute atomic E-state index is 5.98. The van der Waals surface area contributed by atoms with Crippen molar-refractivity contribution >= 4 is 63.0 Å². The van der Waals surface area contributed by atoms with Crippen LogP contribution in [0.1, 0.15) is 103 Å². The van der Waals surface area contributed by atoms with Gasteiger partial charge in [0.2, 0.25) is 0 Å². The molecule has 0 unspecified atom stereocenters. The first-order chi connectivity index (χ1) is 27.6. The van der Waals surface area contributed by atoms with E-state index in [2.05, 4.69) is 208 Å². The van der Waals surface area contributed by atoms with E-state index in [4.69, 9.17) is 25.0 Å². The van der Waals surface area contributed by atoms with Gasteiger partial charge in [0.1, 0.15) is 16.5 Å². The molecule has 6 aromatic carbocycles. The van der Waals surface area contributed by atoms with Crippen LogP contribution in [-0.2, 0) is 44.5 Å². The molecule has 314 valence electrons. The SMILES string of the molecule is CCCCc1ccccc1-c1cccc2[cH-]c(C(C)(C)C)cc12.CCCCc1ccccc1-c1cccc2[cH-]c(C(C)(C)C)cc12.[B]N([Si](C)(C)C)[Si](C)(C)C.[Cl][Zr+2][Cl]. The zero-order valence-corrected chi connectivity index (χ0v) is 44.9. The minimum atomic E-state index is -1.22. The van der Waals surface area contributed by atoms with Crippen LogP contribution in [0.2, 0.25) is 39.3 Å². The van der Waals surface area contributed by atoms with E-state index in [9.17, 15) is 0 Å². The zero-order valence-electron chi connectivity index (χ0n) is 38.9. The molecule has 59 heavy (non-hydrogen) atoms. The fourth-order valence-electron chi connectivity index (χ4n) is 7.55. The Hall–Kier alpha value is -1.98. The van der Waals surface area contributed by atoms with Crippen LogP contribution in [0.15, 0.2) is 109 Å². The summed E-state index contributed by atoms with van der Waals surface area (Å²) in [5, 5.41) is 5.50. The average Bonchev–Trinajstić information content (AvgIpc) is 3.83. The van der Waals surface area contributed by atoms with Crippen molar-refractivity contribution in [2.45, 2.75) is 144 Å². The first-order valence-corrected chi connectivity index (χ1v) is 34.9. The van der Waals surface area contributed by atoms with Gasteiger partial charge in [-0.3, -0.25) is 0 Å². The van der Waals surface area contributed by atoms with Crippen molar-refractivity contribution < 1.29 is 20.8 Å². The number of halogens is 2. The van der Waals surface area contributed by atoms with Crippen molar-refractivity contribution in [3.8, 4) is 22.3 Å². The molecule has 0 bridgehead atoms. The normalized spacial score (nSPS) is 11.9. The van der Waals surface area contributed by atoms with Crippen LogP contribution in [0.3, 0.4) is 0 Å². The summed E-state index contributed by atoms with van der Waals surface area (Å²) in [6.45, 7) is 31.9. The van der Waals surface area contributed by atoms with Crippen molar-refractivity contribution in [3.05, 3.63) is 131 Å². The van der Waals surface area contributed by atoms with Crippen molar-refractivity contribution in [2.24, 2.45) is 0 Å². The summed E-state index contributed by atoms with van der Waals surface area (Å²) >= 11 is -0.826. The molecule has 0 aliphatic heterocycles. The predicted molar refractivity (Wildman–Crippen MR) is 271 cm³/mol. The van der Waals surface area contributed by atoms with Crippen LogP contribution in [-0.4, -0.2) is 28.6 Å². The Kier molecular flexibility index (Phi) is 20.0. The van der Waals surface area contributed by atoms with Crippen LogP contribution < -0.4 is 0 Å². The Labute approximate surface area is 382 Å². The van der Waals surface area contributed by atoms with E-state index in [1.54, 1.807) is 0 Å². The molecule has 0 aliphatic carbocycles. The number of aryl methyl sites for hydroxylation is 2. The third-order valence-corrected chi connectivity index (χ3v) is 17.8. The first-order valence-electron chi connectivity index (χ1n) is 21.7. The topological polar surface area (TPSA) is 3.24 Å². The van der Waals surface area contributed by atoms with Gasteiger partial charge in [-0.25, -0.2) is 0 Å². The maximum atomic E-state index is 5.98. The van der Waals surface area contributed by atoms with Gasteiger partial charge in [-0.15, -0.1) is 69.1 Å². The van der Waals surface area contributed by atoms with Gasteiger partial charge in [-0.2, -0.15) is 12.1 Å². The summed E-state index contributed by atoms with van der Waals surface area (Å²) in [6, 6.07) is 40.7. The third kappa shape index (κ3) is 15.1. The van der Waals surface area contributed by atoms with Gasteiger partial charge in [0.05, 0.1) is 0 Å². The second-order valence-electron chi connectivity index (χ2n) is 19.9. The Morgan fingerprint density at radius 3 is 1.15 bits per heavy atom. The molecule has 2 radical (unpaired) electrons. The predicted octanol–water partition coefficient (Wildman–Crippen LogP) is 17.1. The van der Waals surface area contributed by atoms with E-state index in [0.717, 1.165) is 12.8 Å². The molecule has 1 nitrogen and oxygen atoms in total. The summed E-state index contributed by atoms with van der Waals surface area (Å²) in [5.41, 5.74) is 11.7. The quantitative estimate of drug-likeness (QED) is 0.0977. The molecule has 0 fully saturated rings. The van der Waals surface area contributed by atoms with Crippen LogP contribution in [0, 0.1) is 0 Å². The number of benzene rings is 4. The van der Waals surface area contributed by atoms with Gasteiger partial charge in [0.15, 0.2) is 7.98 Å². The van der Waals surface area contributed by atoms with Crippen LogP contribution in [0.25, 0.3) is 43.8 Å². The van der Waals surface area contributed by atoms with Crippen molar-refractivity contribution in [1.82, 2.24) is 4.14 Å². The van der Waals surface area contributed by atoms with Gasteiger partial charge >= 0.3 is 37.9 Å². The van der Waals surface area contributed by atoms with Gasteiger partial charge in [0.25, 0.3) is 0 Å². The molecular formula is C52H72BCl2NSi2Zr. The Balaban J connectivity index is 0.000000245. The summed E-state index contributed by atoms with van der Waals surface area (Å²) in [5.74, 6) is 0. The molecule has 0 aromatic heterocycles. The van der Waals surface area contributed by atoms with Crippen LogP contribution >= 0.6 is 17.0 Å². The van der Waals surface area contributed by atoms with E-state index < -0.39 is 37.3 Å². The molecule has 0 aliphatic rings. The van der Waals surface area contributed by atoms with E-state index in [0.29, 0.717) is 0 Å². The first kappa shape index (κ1) is 51.4. The van der Waals surface area contributed by atoms with E-state index in [-0.39, 0.29) is 10.8 Å². The Morgan fingerprint density at radius 2 is 0.864 bits per heavy atom. The number of hydrogen-bond acceptors (Lipinski definition) is 1. The number of unbranched alkanes of at least 4 members (excludes halogenated alkanes) is 2. The second kappa shape index (κ2) is 22.9. The summed E-state index contributed by atoms with van der Waals surface area (Å²) in [4.78, 5) is 0. The summed E-state index contributed by atoms with van der Waals surface area (Å²) in [7, 11) is 13.4. The average molecular weight is 940 g/mol. The number of nitrogens with zero attached hydrogens (tertiary/aromatic N) is 1. The molecule has 0 saturated carbocycles. The fraction of sp³-hybridized carbons (Fsp3) is 0.423. The van der Waals surface area contributed by atoms with Gasteiger partial charge < -0.3 is 4.14 Å². The molecule has 0 amide bonds. The Bertz CT molecular complexity index is 2020. The van der Waals surface area contributed by atoms with Gasteiger partial charge in [-0.05, 0) is 58.8 Å². The molecule has 0 atom stereocenters. The second-order valence-corrected chi connectivity index (χ2v) is 33.7. The number of fused-ring (bicyclic) bond motifs is 2. The molecular weight excluding hydrogens is 868 g/mol. The number of rotatable bonds is 10.